The highest BCUT2D eigenvalue weighted by Crippen LogP contribution is 2.63. The number of nitrogens with one attached hydrogen (secondary N) is 1. The molecule has 3 heteroatoms. The summed E-state index contributed by atoms with van der Waals surface area (Å²) in [6, 6.07) is 42.4. The number of rotatable bonds is 2. The summed E-state index contributed by atoms with van der Waals surface area (Å²) in [5, 5.41) is 17.8. The number of fused-ring (bicyclic) bond motifs is 9. The van der Waals surface area contributed by atoms with Crippen LogP contribution in [-0.4, -0.2) is 6.21 Å². The molecular weight excluding hydrogens is 438 g/mol. The fourth-order valence-electron chi connectivity index (χ4n) is 6.18. The van der Waals surface area contributed by atoms with E-state index < -0.39 is 5.41 Å². The molecule has 0 saturated carbocycles. The van der Waals surface area contributed by atoms with E-state index in [1.165, 1.54) is 17.3 Å². The maximum Gasteiger partial charge on any atom is 0.0991 e. The third-order valence-corrected chi connectivity index (χ3v) is 7.57. The maximum absolute atomic E-state index is 9.85. The summed E-state index contributed by atoms with van der Waals surface area (Å²) >= 11 is 0. The second-order valence-electron chi connectivity index (χ2n) is 9.28. The number of hydrogen-bond donors (Lipinski definition) is 1. The molecule has 1 heterocycles. The van der Waals surface area contributed by atoms with Gasteiger partial charge in [0.1, 0.15) is 0 Å². The minimum absolute atomic E-state index is 0.602. The molecule has 0 amide bonds. The van der Waals surface area contributed by atoms with Gasteiger partial charge in [-0.1, -0.05) is 72.8 Å². The quantitative estimate of drug-likeness (QED) is 0.269. The van der Waals surface area contributed by atoms with Crippen molar-refractivity contribution in [3.05, 3.63) is 149 Å². The highest BCUT2D eigenvalue weighted by atomic mass is 15.2. The van der Waals surface area contributed by atoms with Gasteiger partial charge in [-0.05, 0) is 81.4 Å². The van der Waals surface area contributed by atoms with Crippen LogP contribution >= 0.6 is 0 Å². The third-order valence-electron chi connectivity index (χ3n) is 7.57. The zero-order valence-electron chi connectivity index (χ0n) is 19.4. The van der Waals surface area contributed by atoms with Gasteiger partial charge in [0.25, 0.3) is 0 Å². The Morgan fingerprint density at radius 1 is 0.639 bits per heavy atom. The van der Waals surface area contributed by atoms with Crippen molar-refractivity contribution in [3.63, 3.8) is 0 Å². The molecule has 7 rings (SSSR count). The van der Waals surface area contributed by atoms with E-state index in [2.05, 4.69) is 108 Å². The lowest BCUT2D eigenvalue weighted by atomic mass is 9.64. The topological polar surface area (TPSA) is 50.9 Å². The molecule has 0 atom stereocenters. The van der Waals surface area contributed by atoms with Crippen molar-refractivity contribution < 1.29 is 0 Å². The second-order valence-corrected chi connectivity index (χ2v) is 9.28. The Morgan fingerprint density at radius 2 is 1.22 bits per heavy atom. The molecule has 168 valence electrons. The van der Waals surface area contributed by atoms with Gasteiger partial charge in [-0.15, -0.1) is 0 Å². The van der Waals surface area contributed by atoms with Crippen LogP contribution in [0.2, 0.25) is 0 Å². The van der Waals surface area contributed by atoms with Crippen LogP contribution in [0, 0.1) is 16.7 Å². The first kappa shape index (κ1) is 20.4. The first-order valence-electron chi connectivity index (χ1n) is 12.0. The Bertz CT molecular complexity index is 1680. The predicted octanol–water partition coefficient (Wildman–Crippen LogP) is 7.70. The molecule has 36 heavy (non-hydrogen) atoms. The van der Waals surface area contributed by atoms with Crippen LogP contribution in [-0.2, 0) is 5.41 Å². The Morgan fingerprint density at radius 3 is 1.86 bits per heavy atom. The van der Waals surface area contributed by atoms with Gasteiger partial charge in [0.15, 0.2) is 0 Å². The molecule has 5 aromatic rings. The van der Waals surface area contributed by atoms with Crippen molar-refractivity contribution in [1.82, 2.24) is 0 Å². The van der Waals surface area contributed by atoms with E-state index in [0.29, 0.717) is 5.56 Å². The average Bonchev–Trinajstić information content (AvgIpc) is 3.23. The Balaban J connectivity index is 1.68. The predicted molar refractivity (Wildman–Crippen MR) is 145 cm³/mol. The third kappa shape index (κ3) is 2.53. The number of para-hydroxylation sites is 3. The van der Waals surface area contributed by atoms with Crippen LogP contribution < -0.4 is 4.90 Å². The fraction of sp³-hybridized carbons (Fsp3) is 0.0303. The van der Waals surface area contributed by atoms with Gasteiger partial charge in [-0.25, -0.2) is 0 Å². The fourth-order valence-corrected chi connectivity index (χ4v) is 6.18. The Labute approximate surface area is 210 Å². The summed E-state index contributed by atoms with van der Waals surface area (Å²) in [4.78, 5) is 2.34. The molecule has 1 aliphatic heterocycles. The number of hydrogen-bond acceptors (Lipinski definition) is 3. The van der Waals surface area contributed by atoms with E-state index in [0.717, 1.165) is 44.9 Å². The molecule has 0 aromatic heterocycles. The van der Waals surface area contributed by atoms with Gasteiger partial charge in [0.2, 0.25) is 0 Å². The summed E-state index contributed by atoms with van der Waals surface area (Å²) in [5.74, 6) is 0. The van der Waals surface area contributed by atoms with Crippen molar-refractivity contribution in [3.8, 4) is 17.2 Å². The van der Waals surface area contributed by atoms with Crippen molar-refractivity contribution >= 4 is 23.3 Å². The maximum atomic E-state index is 9.85. The van der Waals surface area contributed by atoms with E-state index in [1.807, 2.05) is 18.2 Å². The molecule has 3 nitrogen and oxygen atoms in total. The van der Waals surface area contributed by atoms with E-state index in [4.69, 9.17) is 5.41 Å². The molecule has 1 aliphatic carbocycles. The number of nitriles is 1. The molecule has 0 fully saturated rings. The van der Waals surface area contributed by atoms with Crippen LogP contribution in [0.5, 0.6) is 0 Å². The molecule has 5 aromatic carbocycles. The SMILES string of the molecule is N#Cc1ccc2c(c1)C1(c3cc(C=N)ccc3-2)c2ccccc2N(c2ccccc2)c2ccccc21. The summed E-state index contributed by atoms with van der Waals surface area (Å²) in [6.45, 7) is 0. The zero-order valence-corrected chi connectivity index (χ0v) is 19.4. The zero-order chi connectivity index (χ0) is 24.3. The molecule has 1 spiro atoms. The van der Waals surface area contributed by atoms with E-state index in [-0.39, 0.29) is 0 Å². The lowest BCUT2D eigenvalue weighted by Crippen LogP contribution is -2.36. The van der Waals surface area contributed by atoms with Gasteiger partial charge in [-0.3, -0.25) is 0 Å². The molecule has 0 saturated heterocycles. The van der Waals surface area contributed by atoms with Crippen molar-refractivity contribution in [2.24, 2.45) is 0 Å². The van der Waals surface area contributed by atoms with Crippen LogP contribution in [0.1, 0.15) is 33.4 Å². The summed E-state index contributed by atoms with van der Waals surface area (Å²) in [5.41, 5.74) is 11.1. The minimum atomic E-state index is -0.602. The molecule has 2 aliphatic rings. The van der Waals surface area contributed by atoms with E-state index in [9.17, 15) is 5.26 Å². The lowest BCUT2D eigenvalue weighted by molar-refractivity contribution is 0.752. The van der Waals surface area contributed by atoms with Gasteiger partial charge < -0.3 is 10.3 Å². The summed E-state index contributed by atoms with van der Waals surface area (Å²) in [6.07, 6.45) is 1.41. The number of nitrogens with zero attached hydrogens (tertiary/aromatic N) is 2. The first-order chi connectivity index (χ1) is 17.8. The summed E-state index contributed by atoms with van der Waals surface area (Å²) in [7, 11) is 0. The molecule has 0 bridgehead atoms. The van der Waals surface area contributed by atoms with Gasteiger partial charge in [-0.2, -0.15) is 5.26 Å². The lowest BCUT2D eigenvalue weighted by Gasteiger charge is -2.45. The molecule has 0 unspecified atom stereocenters. The van der Waals surface area contributed by atoms with Crippen LogP contribution in [0.3, 0.4) is 0 Å². The molecule has 1 N–H and O–H groups in total. The van der Waals surface area contributed by atoms with E-state index in [1.54, 1.807) is 0 Å². The highest BCUT2D eigenvalue weighted by molar-refractivity contribution is 5.97. The second kappa shape index (κ2) is 7.53. The Hall–Kier alpha value is -4.94. The summed E-state index contributed by atoms with van der Waals surface area (Å²) < 4.78 is 0. The van der Waals surface area contributed by atoms with E-state index >= 15 is 0 Å². The normalized spacial score (nSPS) is 13.8. The number of benzene rings is 5. The largest absolute Gasteiger partial charge is 0.310 e. The van der Waals surface area contributed by atoms with Crippen LogP contribution in [0.15, 0.2) is 115 Å². The van der Waals surface area contributed by atoms with Crippen molar-refractivity contribution in [2.45, 2.75) is 5.41 Å². The number of anilines is 3. The minimum Gasteiger partial charge on any atom is -0.310 e. The van der Waals surface area contributed by atoms with Gasteiger partial charge >= 0.3 is 0 Å². The standard InChI is InChI=1S/C33H21N3/c34-20-22-14-16-25-26-17-15-23(21-35)19-30(26)33(29(25)18-22)27-10-4-6-12-31(27)36(24-8-2-1-3-9-24)32-13-7-5-11-28(32)33/h1-20,34H. The smallest absolute Gasteiger partial charge is 0.0991 e. The first-order valence-corrected chi connectivity index (χ1v) is 12.0. The average molecular weight is 460 g/mol. The highest BCUT2D eigenvalue weighted by Gasteiger charge is 2.51. The van der Waals surface area contributed by atoms with Gasteiger partial charge in [0.05, 0.1) is 28.4 Å². The Kier molecular flexibility index (Phi) is 4.27. The van der Waals surface area contributed by atoms with Gasteiger partial charge in [0, 0.05) is 11.9 Å². The molecule has 0 radical (unpaired) electrons. The monoisotopic (exact) mass is 459 g/mol. The van der Waals surface area contributed by atoms with Crippen LogP contribution in [0.4, 0.5) is 17.1 Å². The van der Waals surface area contributed by atoms with Crippen molar-refractivity contribution in [2.75, 3.05) is 4.90 Å². The van der Waals surface area contributed by atoms with Crippen LogP contribution in [0.25, 0.3) is 11.1 Å². The molecular formula is C33H21N3. The van der Waals surface area contributed by atoms with Crippen molar-refractivity contribution in [1.29, 1.82) is 10.7 Å².